The van der Waals surface area contributed by atoms with Crippen molar-refractivity contribution in [3.8, 4) is 0 Å². The van der Waals surface area contributed by atoms with Crippen molar-refractivity contribution in [1.29, 1.82) is 0 Å². The highest BCUT2D eigenvalue weighted by Gasteiger charge is 2.74. The third-order valence-corrected chi connectivity index (χ3v) is 9.32. The van der Waals surface area contributed by atoms with E-state index in [4.69, 9.17) is 27.9 Å². The molecular formula is C31H33Cl2F3N6O4. The second kappa shape index (κ2) is 11.3. The maximum Gasteiger partial charge on any atom is 0.411 e. The molecule has 0 aliphatic carbocycles. The standard InChI is InChI=1S/C31H33Cl2F3N6O4/c1-16-26-17(7-18(32)8-20(26)33)5-6-41(16)25(43)11-37-23-10-22-19(9-21(23)34)27(44)39-24(38-22)12-40-13-30(14-40)31(35,36)15-42(30)28(45)46-29(2,3)4/h7-10,16,37H,5-6,11-15H2,1-4H3,(H,38,39,44). The molecule has 3 aliphatic rings. The number of aromatic amines is 1. The molecule has 2 aromatic carbocycles. The van der Waals surface area contributed by atoms with E-state index in [1.54, 1.807) is 36.6 Å². The number of carbonyl (C=O) groups excluding carboxylic acids is 2. The second-order valence-electron chi connectivity index (χ2n) is 13.1. The Morgan fingerprint density at radius 1 is 1.15 bits per heavy atom. The van der Waals surface area contributed by atoms with Crippen molar-refractivity contribution in [2.24, 2.45) is 0 Å². The van der Waals surface area contributed by atoms with E-state index in [0.29, 0.717) is 23.0 Å². The summed E-state index contributed by atoms with van der Waals surface area (Å²) < 4.78 is 49.7. The van der Waals surface area contributed by atoms with Gasteiger partial charge in [0.05, 0.1) is 42.3 Å². The number of ether oxygens (including phenoxy) is 1. The minimum absolute atomic E-state index is 0.00519. The van der Waals surface area contributed by atoms with Gasteiger partial charge in [0.2, 0.25) is 5.91 Å². The van der Waals surface area contributed by atoms with Gasteiger partial charge < -0.3 is 19.9 Å². The Labute approximate surface area is 272 Å². The topological polar surface area (TPSA) is 111 Å². The molecule has 3 aromatic rings. The van der Waals surface area contributed by atoms with Crippen LogP contribution in [0.1, 0.15) is 50.7 Å². The molecule has 3 aliphatic heterocycles. The number of nitrogens with zero attached hydrogens (tertiary/aromatic N) is 4. The number of halogens is 5. The van der Waals surface area contributed by atoms with E-state index < -0.39 is 41.1 Å². The second-order valence-corrected chi connectivity index (χ2v) is 14.0. The zero-order valence-corrected chi connectivity index (χ0v) is 27.2. The maximum atomic E-state index is 15.0. The average molecular weight is 682 g/mol. The van der Waals surface area contributed by atoms with Crippen molar-refractivity contribution in [3.05, 3.63) is 67.4 Å². The number of aromatic nitrogens is 2. The lowest BCUT2D eigenvalue weighted by Crippen LogP contribution is -2.88. The molecule has 1 unspecified atom stereocenters. The van der Waals surface area contributed by atoms with Crippen LogP contribution in [-0.4, -0.2) is 86.5 Å². The zero-order valence-electron chi connectivity index (χ0n) is 25.6. The predicted octanol–water partition coefficient (Wildman–Crippen LogP) is 5.37. The van der Waals surface area contributed by atoms with E-state index in [0.717, 1.165) is 22.1 Å². The molecule has 2 N–H and O–H groups in total. The Morgan fingerprint density at radius 3 is 2.54 bits per heavy atom. The van der Waals surface area contributed by atoms with Crippen LogP contribution in [0.5, 0.6) is 0 Å². The molecular weight excluding hydrogens is 648 g/mol. The van der Waals surface area contributed by atoms with Gasteiger partial charge in [0.1, 0.15) is 22.8 Å². The van der Waals surface area contributed by atoms with Gasteiger partial charge in [-0.25, -0.2) is 22.9 Å². The number of hydrogen-bond donors (Lipinski definition) is 2. The number of carbonyl (C=O) groups is 2. The molecule has 1 atom stereocenters. The van der Waals surface area contributed by atoms with Gasteiger partial charge >= 0.3 is 6.09 Å². The summed E-state index contributed by atoms with van der Waals surface area (Å²) >= 11 is 12.6. The van der Waals surface area contributed by atoms with Crippen LogP contribution in [0.3, 0.4) is 0 Å². The fourth-order valence-electron chi connectivity index (χ4n) is 6.51. The SMILES string of the molecule is CC1c2c(Cl)cc(Cl)cc2CCN1C(=O)CNc1cc2nc(CN3CC4(C3)N(C(=O)OC(C)(C)C)CC4(F)F)[nH]c(=O)c2cc1F. The van der Waals surface area contributed by atoms with E-state index in [1.807, 2.05) is 13.0 Å². The average Bonchev–Trinajstić information content (AvgIpc) is 2.91. The number of hydrogen-bond acceptors (Lipinski definition) is 7. The molecule has 4 heterocycles. The first-order chi connectivity index (χ1) is 21.5. The number of fused-ring (bicyclic) bond motifs is 2. The van der Waals surface area contributed by atoms with Gasteiger partial charge in [-0.2, -0.15) is 0 Å². The van der Waals surface area contributed by atoms with Crippen LogP contribution in [0.15, 0.2) is 29.1 Å². The molecule has 46 heavy (non-hydrogen) atoms. The highest BCUT2D eigenvalue weighted by Crippen LogP contribution is 2.51. The number of rotatable bonds is 5. The lowest BCUT2D eigenvalue weighted by molar-refractivity contribution is -0.280. The van der Waals surface area contributed by atoms with Crippen molar-refractivity contribution < 1.29 is 27.5 Å². The number of nitrogens with one attached hydrogen (secondary N) is 2. The third-order valence-electron chi connectivity index (χ3n) is 8.79. The van der Waals surface area contributed by atoms with E-state index in [2.05, 4.69) is 15.3 Å². The minimum atomic E-state index is -3.09. The Bertz CT molecular complexity index is 1810. The minimum Gasteiger partial charge on any atom is -0.444 e. The van der Waals surface area contributed by atoms with E-state index >= 15 is 4.39 Å². The monoisotopic (exact) mass is 680 g/mol. The van der Waals surface area contributed by atoms with Crippen molar-refractivity contribution in [2.75, 3.05) is 38.0 Å². The van der Waals surface area contributed by atoms with Crippen LogP contribution in [0.25, 0.3) is 10.9 Å². The quantitative estimate of drug-likeness (QED) is 0.373. The molecule has 2 saturated heterocycles. The normalized spacial score (nSPS) is 20.2. The number of likely N-dealkylation sites (tertiary alicyclic amines) is 2. The molecule has 15 heteroatoms. The van der Waals surface area contributed by atoms with Gasteiger partial charge in [0.15, 0.2) is 0 Å². The van der Waals surface area contributed by atoms with Crippen LogP contribution in [0.2, 0.25) is 10.0 Å². The van der Waals surface area contributed by atoms with Crippen LogP contribution in [0, 0.1) is 5.82 Å². The number of anilines is 1. The summed E-state index contributed by atoms with van der Waals surface area (Å²) in [5.74, 6) is -3.92. The first kappa shape index (κ1) is 32.4. The summed E-state index contributed by atoms with van der Waals surface area (Å²) in [5.41, 5.74) is -1.17. The first-order valence-electron chi connectivity index (χ1n) is 14.8. The zero-order chi connectivity index (χ0) is 33.3. The maximum absolute atomic E-state index is 15.0. The van der Waals surface area contributed by atoms with E-state index in [9.17, 15) is 23.2 Å². The molecule has 246 valence electrons. The molecule has 10 nitrogen and oxygen atoms in total. The van der Waals surface area contributed by atoms with Gasteiger partial charge in [-0.15, -0.1) is 0 Å². The Balaban J connectivity index is 1.13. The lowest BCUT2D eigenvalue weighted by Gasteiger charge is -2.65. The van der Waals surface area contributed by atoms with Gasteiger partial charge in [0.25, 0.3) is 11.5 Å². The van der Waals surface area contributed by atoms with E-state index in [-0.39, 0.29) is 60.5 Å². The molecule has 6 rings (SSSR count). The van der Waals surface area contributed by atoms with Crippen LogP contribution < -0.4 is 10.9 Å². The summed E-state index contributed by atoms with van der Waals surface area (Å²) in [5, 5.41) is 3.82. The lowest BCUT2D eigenvalue weighted by atomic mass is 9.74. The molecule has 0 saturated carbocycles. The summed E-state index contributed by atoms with van der Waals surface area (Å²) in [7, 11) is 0. The van der Waals surface area contributed by atoms with Crippen LogP contribution in [0.4, 0.5) is 23.7 Å². The summed E-state index contributed by atoms with van der Waals surface area (Å²) in [4.78, 5) is 49.9. The third kappa shape index (κ3) is 5.66. The van der Waals surface area contributed by atoms with Crippen LogP contribution in [-0.2, 0) is 22.5 Å². The number of amides is 2. The highest BCUT2D eigenvalue weighted by molar-refractivity contribution is 6.35. The molecule has 1 aromatic heterocycles. The van der Waals surface area contributed by atoms with Gasteiger partial charge in [-0.1, -0.05) is 23.2 Å². The molecule has 0 radical (unpaired) electrons. The number of alkyl halides is 2. The van der Waals surface area contributed by atoms with Gasteiger partial charge in [0, 0.05) is 29.7 Å². The van der Waals surface area contributed by atoms with Crippen molar-refractivity contribution in [3.63, 3.8) is 0 Å². The summed E-state index contributed by atoms with van der Waals surface area (Å²) in [6.07, 6.45) is -0.232. The highest BCUT2D eigenvalue weighted by atomic mass is 35.5. The molecule has 1 spiro atoms. The molecule has 0 bridgehead atoms. The fourth-order valence-corrected chi connectivity index (χ4v) is 7.21. The van der Waals surface area contributed by atoms with E-state index in [1.165, 1.54) is 6.07 Å². The Kier molecular flexibility index (Phi) is 7.96. The summed E-state index contributed by atoms with van der Waals surface area (Å²) in [6, 6.07) is 5.54. The van der Waals surface area contributed by atoms with Crippen molar-refractivity contribution in [2.45, 2.75) is 63.8 Å². The smallest absolute Gasteiger partial charge is 0.411 e. The number of H-pyrrole nitrogens is 1. The number of benzene rings is 2. The first-order valence-corrected chi connectivity index (χ1v) is 15.6. The molecule has 2 amide bonds. The Morgan fingerprint density at radius 2 is 1.87 bits per heavy atom. The van der Waals surface area contributed by atoms with Crippen LogP contribution >= 0.6 is 23.2 Å². The van der Waals surface area contributed by atoms with Crippen molar-refractivity contribution in [1.82, 2.24) is 24.7 Å². The fraction of sp³-hybridized carbons (Fsp3) is 0.484. The predicted molar refractivity (Wildman–Crippen MR) is 167 cm³/mol. The van der Waals surface area contributed by atoms with Gasteiger partial charge in [-0.3, -0.25) is 19.4 Å². The Hall–Kier alpha value is -3.55. The van der Waals surface area contributed by atoms with Crippen molar-refractivity contribution >= 4 is 51.8 Å². The largest absolute Gasteiger partial charge is 0.444 e. The molecule has 2 fully saturated rings. The van der Waals surface area contributed by atoms with Gasteiger partial charge in [-0.05, 0) is 69.5 Å². The summed E-state index contributed by atoms with van der Waals surface area (Å²) in [6.45, 7) is 6.08.